The van der Waals surface area contributed by atoms with Crippen LogP contribution in [0.5, 0.6) is 0 Å². The van der Waals surface area contributed by atoms with Crippen LogP contribution in [0.25, 0.3) is 0 Å². The zero-order chi connectivity index (χ0) is 21.9. The maximum absolute atomic E-state index is 13.0. The lowest BCUT2D eigenvalue weighted by atomic mass is 10.2. The predicted octanol–water partition coefficient (Wildman–Crippen LogP) is 1.77. The lowest BCUT2D eigenvalue weighted by Gasteiger charge is -2.36. The van der Waals surface area contributed by atoms with Gasteiger partial charge in [0, 0.05) is 32.2 Å². The average Bonchev–Trinajstić information content (AvgIpc) is 3.20. The predicted molar refractivity (Wildman–Crippen MR) is 115 cm³/mol. The number of hydrogen-bond donors (Lipinski definition) is 2. The number of amides is 3. The summed E-state index contributed by atoms with van der Waals surface area (Å²) in [4.78, 5) is 26.7. The maximum atomic E-state index is 13.0. The molecule has 0 bridgehead atoms. The summed E-state index contributed by atoms with van der Waals surface area (Å²) < 4.78 is 27.5. The topological polar surface area (TPSA) is 98.8 Å². The molecule has 3 rings (SSSR count). The molecule has 1 saturated heterocycles. The largest absolute Gasteiger partial charge is 0.335 e. The number of urea groups is 1. The Morgan fingerprint density at radius 3 is 2.30 bits per heavy atom. The molecular weight excluding hydrogens is 404 g/mol. The molecule has 166 valence electrons. The third-order valence-corrected chi connectivity index (χ3v) is 8.13. The third kappa shape index (κ3) is 5.19. The van der Waals surface area contributed by atoms with E-state index in [0.29, 0.717) is 31.1 Å². The van der Waals surface area contributed by atoms with Gasteiger partial charge in [0.1, 0.15) is 0 Å². The number of sulfonamides is 1. The Labute approximate surface area is 179 Å². The molecule has 1 aromatic rings. The molecule has 1 atom stereocenters. The van der Waals surface area contributed by atoms with Crippen molar-refractivity contribution in [3.63, 3.8) is 0 Å². The standard InChI is InChI=1S/C21H32N4O4S/c1-15-8-9-19(16(2)14-15)30(28,29)25-12-10-24(11-13-25)17(3)20(26)23-21(27)22-18-6-4-5-7-18/h8-9,14,17-18H,4-7,10-13H2,1-3H3,(H2,22,23,26,27). The third-order valence-electron chi connectivity index (χ3n) is 6.08. The molecule has 1 heterocycles. The van der Waals surface area contributed by atoms with Gasteiger partial charge in [-0.25, -0.2) is 13.2 Å². The quantitative estimate of drug-likeness (QED) is 0.733. The monoisotopic (exact) mass is 436 g/mol. The van der Waals surface area contributed by atoms with E-state index in [-0.39, 0.29) is 11.9 Å². The fourth-order valence-corrected chi connectivity index (χ4v) is 5.86. The van der Waals surface area contributed by atoms with Gasteiger partial charge in [-0.3, -0.25) is 15.0 Å². The molecule has 1 aliphatic carbocycles. The van der Waals surface area contributed by atoms with Gasteiger partial charge in [-0.05, 0) is 45.2 Å². The van der Waals surface area contributed by atoms with Crippen molar-refractivity contribution in [2.45, 2.75) is 63.4 Å². The van der Waals surface area contributed by atoms with Gasteiger partial charge in [0.2, 0.25) is 15.9 Å². The average molecular weight is 437 g/mol. The van der Waals surface area contributed by atoms with E-state index >= 15 is 0 Å². The van der Waals surface area contributed by atoms with Gasteiger partial charge >= 0.3 is 6.03 Å². The Morgan fingerprint density at radius 1 is 1.07 bits per heavy atom. The fourth-order valence-electron chi connectivity index (χ4n) is 4.23. The minimum Gasteiger partial charge on any atom is -0.335 e. The number of nitrogens with zero attached hydrogens (tertiary/aromatic N) is 2. The van der Waals surface area contributed by atoms with Crippen molar-refractivity contribution < 1.29 is 18.0 Å². The summed E-state index contributed by atoms with van der Waals surface area (Å²) in [6.07, 6.45) is 4.11. The second-order valence-corrected chi connectivity index (χ2v) is 10.2. The number of aryl methyl sites for hydroxylation is 2. The summed E-state index contributed by atoms with van der Waals surface area (Å²) in [7, 11) is -3.57. The number of carbonyl (C=O) groups is 2. The highest BCUT2D eigenvalue weighted by atomic mass is 32.2. The Hall–Kier alpha value is -1.97. The van der Waals surface area contributed by atoms with Gasteiger partial charge in [-0.1, -0.05) is 30.5 Å². The number of imide groups is 1. The molecule has 3 amide bonds. The van der Waals surface area contributed by atoms with Crippen LogP contribution in [0.1, 0.15) is 43.7 Å². The van der Waals surface area contributed by atoms with Crippen LogP contribution in [0.2, 0.25) is 0 Å². The van der Waals surface area contributed by atoms with Crippen LogP contribution in [0, 0.1) is 13.8 Å². The van der Waals surface area contributed by atoms with Crippen LogP contribution < -0.4 is 10.6 Å². The zero-order valence-electron chi connectivity index (χ0n) is 18.0. The molecule has 2 aliphatic rings. The molecule has 2 fully saturated rings. The molecule has 0 radical (unpaired) electrons. The van der Waals surface area contributed by atoms with Crippen molar-refractivity contribution in [1.82, 2.24) is 19.8 Å². The first-order valence-electron chi connectivity index (χ1n) is 10.6. The molecule has 1 aliphatic heterocycles. The molecule has 1 unspecified atom stereocenters. The molecule has 0 aromatic heterocycles. The molecule has 30 heavy (non-hydrogen) atoms. The number of nitrogens with one attached hydrogen (secondary N) is 2. The van der Waals surface area contributed by atoms with Crippen molar-refractivity contribution in [3.8, 4) is 0 Å². The Morgan fingerprint density at radius 2 is 1.70 bits per heavy atom. The molecule has 2 N–H and O–H groups in total. The van der Waals surface area contributed by atoms with Gasteiger partial charge in [-0.2, -0.15) is 4.31 Å². The molecule has 9 heteroatoms. The molecular formula is C21H32N4O4S. The Balaban J connectivity index is 1.53. The van der Waals surface area contributed by atoms with E-state index in [0.717, 1.165) is 36.8 Å². The van der Waals surface area contributed by atoms with E-state index in [1.54, 1.807) is 26.0 Å². The first-order valence-corrected chi connectivity index (χ1v) is 12.1. The number of rotatable bonds is 5. The summed E-state index contributed by atoms with van der Waals surface area (Å²) in [5.74, 6) is -0.365. The van der Waals surface area contributed by atoms with E-state index in [9.17, 15) is 18.0 Å². The summed E-state index contributed by atoms with van der Waals surface area (Å²) in [6, 6.07) is 4.52. The van der Waals surface area contributed by atoms with E-state index in [1.807, 2.05) is 17.9 Å². The smallest absolute Gasteiger partial charge is 0.321 e. The Kier molecular flexibility index (Phi) is 7.15. The Bertz CT molecular complexity index is 888. The van der Waals surface area contributed by atoms with Crippen LogP contribution >= 0.6 is 0 Å². The normalized spacial score (nSPS) is 20.1. The lowest BCUT2D eigenvalue weighted by molar-refractivity contribution is -0.125. The van der Waals surface area contributed by atoms with Crippen LogP contribution in [0.15, 0.2) is 23.1 Å². The number of piperazine rings is 1. The van der Waals surface area contributed by atoms with Crippen LogP contribution in [-0.4, -0.2) is 67.8 Å². The number of benzene rings is 1. The van der Waals surface area contributed by atoms with Gasteiger partial charge < -0.3 is 5.32 Å². The number of hydrogen-bond acceptors (Lipinski definition) is 5. The van der Waals surface area contributed by atoms with E-state index in [2.05, 4.69) is 10.6 Å². The van der Waals surface area contributed by atoms with Crippen molar-refractivity contribution >= 4 is 22.0 Å². The van der Waals surface area contributed by atoms with Crippen molar-refractivity contribution in [3.05, 3.63) is 29.3 Å². The van der Waals surface area contributed by atoms with Crippen LogP contribution in [0.3, 0.4) is 0 Å². The second-order valence-electron chi connectivity index (χ2n) is 8.33. The maximum Gasteiger partial charge on any atom is 0.321 e. The first kappa shape index (κ1) is 22.7. The van der Waals surface area contributed by atoms with Crippen LogP contribution in [0.4, 0.5) is 4.79 Å². The minimum atomic E-state index is -3.57. The van der Waals surface area contributed by atoms with Crippen molar-refractivity contribution in [2.24, 2.45) is 0 Å². The molecule has 1 aromatic carbocycles. The molecule has 0 spiro atoms. The second kappa shape index (κ2) is 9.45. The van der Waals surface area contributed by atoms with E-state index in [1.165, 1.54) is 4.31 Å². The van der Waals surface area contributed by atoms with Gasteiger partial charge in [-0.15, -0.1) is 0 Å². The van der Waals surface area contributed by atoms with Gasteiger partial charge in [0.05, 0.1) is 10.9 Å². The fraction of sp³-hybridized carbons (Fsp3) is 0.619. The highest BCUT2D eigenvalue weighted by molar-refractivity contribution is 7.89. The zero-order valence-corrected chi connectivity index (χ0v) is 18.8. The molecule has 8 nitrogen and oxygen atoms in total. The summed E-state index contributed by atoms with van der Waals surface area (Å²) >= 11 is 0. The summed E-state index contributed by atoms with van der Waals surface area (Å²) in [6.45, 7) is 6.96. The van der Waals surface area contributed by atoms with Crippen LogP contribution in [-0.2, 0) is 14.8 Å². The van der Waals surface area contributed by atoms with E-state index in [4.69, 9.17) is 0 Å². The van der Waals surface area contributed by atoms with Gasteiger partial charge in [0.25, 0.3) is 0 Å². The minimum absolute atomic E-state index is 0.145. The van der Waals surface area contributed by atoms with Crippen molar-refractivity contribution in [2.75, 3.05) is 26.2 Å². The number of carbonyl (C=O) groups excluding carboxylic acids is 2. The lowest BCUT2D eigenvalue weighted by Crippen LogP contribution is -2.56. The van der Waals surface area contributed by atoms with Gasteiger partial charge in [0.15, 0.2) is 0 Å². The summed E-state index contributed by atoms with van der Waals surface area (Å²) in [5.41, 5.74) is 1.76. The molecule has 1 saturated carbocycles. The SMILES string of the molecule is Cc1ccc(S(=O)(=O)N2CCN(C(C)C(=O)NC(=O)NC3CCCC3)CC2)c(C)c1. The van der Waals surface area contributed by atoms with E-state index < -0.39 is 22.1 Å². The summed E-state index contributed by atoms with van der Waals surface area (Å²) in [5, 5.41) is 5.27. The first-order chi connectivity index (χ1) is 14.2. The highest BCUT2D eigenvalue weighted by Crippen LogP contribution is 2.22. The highest BCUT2D eigenvalue weighted by Gasteiger charge is 2.33. The van der Waals surface area contributed by atoms with Crippen molar-refractivity contribution in [1.29, 1.82) is 0 Å².